The van der Waals surface area contributed by atoms with Gasteiger partial charge < -0.3 is 9.88 Å². The van der Waals surface area contributed by atoms with Gasteiger partial charge in [0.25, 0.3) is 0 Å². The lowest BCUT2D eigenvalue weighted by Crippen LogP contribution is -2.18. The minimum absolute atomic E-state index is 0.618. The normalized spacial score (nSPS) is 15.9. The number of nitrogens with zero attached hydrogens (tertiary/aromatic N) is 4. The Kier molecular flexibility index (Phi) is 4.70. The van der Waals surface area contributed by atoms with E-state index < -0.39 is 0 Å². The molecule has 0 aromatic carbocycles. The van der Waals surface area contributed by atoms with Crippen molar-refractivity contribution in [2.45, 2.75) is 58.2 Å². The summed E-state index contributed by atoms with van der Waals surface area (Å²) in [5, 5.41) is 8.16. The van der Waals surface area contributed by atoms with Gasteiger partial charge in [-0.1, -0.05) is 19.8 Å². The maximum Gasteiger partial charge on any atom is 0.123 e. The molecule has 2 heterocycles. The molecule has 0 bridgehead atoms. The molecular formula is C16H25N5. The average Bonchev–Trinajstić information content (AvgIpc) is 3.20. The lowest BCUT2D eigenvalue weighted by Gasteiger charge is -2.09. The van der Waals surface area contributed by atoms with Gasteiger partial charge in [-0.3, -0.25) is 4.68 Å². The summed E-state index contributed by atoms with van der Waals surface area (Å²) in [6.45, 7) is 4.84. The maximum atomic E-state index is 4.75. The second-order valence-electron chi connectivity index (χ2n) is 5.87. The van der Waals surface area contributed by atoms with Crippen molar-refractivity contribution in [3.63, 3.8) is 0 Å². The van der Waals surface area contributed by atoms with E-state index >= 15 is 0 Å². The van der Waals surface area contributed by atoms with Crippen LogP contribution in [0.15, 0.2) is 24.7 Å². The van der Waals surface area contributed by atoms with Gasteiger partial charge in [0.15, 0.2) is 0 Å². The fourth-order valence-corrected chi connectivity index (χ4v) is 3.04. The summed E-state index contributed by atoms with van der Waals surface area (Å²) in [5.41, 5.74) is 1.12. The van der Waals surface area contributed by atoms with Gasteiger partial charge in [0, 0.05) is 18.6 Å². The van der Waals surface area contributed by atoms with E-state index in [1.165, 1.54) is 25.7 Å². The van der Waals surface area contributed by atoms with Crippen LogP contribution in [-0.2, 0) is 13.1 Å². The smallest absolute Gasteiger partial charge is 0.123 e. The summed E-state index contributed by atoms with van der Waals surface area (Å²) in [6.07, 6.45) is 12.4. The van der Waals surface area contributed by atoms with E-state index in [1.54, 1.807) is 0 Å². The molecule has 2 aromatic heterocycles. The monoisotopic (exact) mass is 287 g/mol. The molecule has 21 heavy (non-hydrogen) atoms. The van der Waals surface area contributed by atoms with Crippen molar-refractivity contribution in [1.29, 1.82) is 0 Å². The second-order valence-corrected chi connectivity index (χ2v) is 5.87. The van der Waals surface area contributed by atoms with Crippen LogP contribution in [0.25, 0.3) is 0 Å². The van der Waals surface area contributed by atoms with Crippen LogP contribution in [-0.4, -0.2) is 25.9 Å². The Hall–Kier alpha value is -1.62. The summed E-state index contributed by atoms with van der Waals surface area (Å²) in [4.78, 5) is 4.43. The lowest BCUT2D eigenvalue weighted by molar-refractivity contribution is 0.461. The number of imidazole rings is 1. The van der Waals surface area contributed by atoms with Crippen LogP contribution in [0.5, 0.6) is 0 Å². The van der Waals surface area contributed by atoms with E-state index in [4.69, 9.17) is 5.10 Å². The molecule has 1 aliphatic rings. The molecule has 1 aliphatic carbocycles. The summed E-state index contributed by atoms with van der Waals surface area (Å²) in [7, 11) is 0. The van der Waals surface area contributed by atoms with Gasteiger partial charge in [-0.15, -0.1) is 0 Å². The third kappa shape index (κ3) is 3.53. The van der Waals surface area contributed by atoms with E-state index in [2.05, 4.69) is 38.7 Å². The molecule has 0 aliphatic heterocycles. The lowest BCUT2D eigenvalue weighted by atomic mass is 10.3. The van der Waals surface area contributed by atoms with Gasteiger partial charge in [0.1, 0.15) is 5.82 Å². The fraction of sp³-hybridized carbons (Fsp3) is 0.625. The largest absolute Gasteiger partial charge is 0.328 e. The van der Waals surface area contributed by atoms with E-state index in [-0.39, 0.29) is 0 Å². The van der Waals surface area contributed by atoms with Crippen molar-refractivity contribution in [3.05, 3.63) is 36.2 Å². The molecule has 0 saturated heterocycles. The number of hydrogen-bond acceptors (Lipinski definition) is 3. The Morgan fingerprint density at radius 3 is 2.95 bits per heavy atom. The van der Waals surface area contributed by atoms with Crippen molar-refractivity contribution in [2.75, 3.05) is 6.54 Å². The first kappa shape index (κ1) is 14.3. The highest BCUT2D eigenvalue weighted by Gasteiger charge is 2.17. The first-order valence-electron chi connectivity index (χ1n) is 8.11. The van der Waals surface area contributed by atoms with E-state index in [0.29, 0.717) is 6.04 Å². The van der Waals surface area contributed by atoms with Gasteiger partial charge in [-0.25, -0.2) is 4.98 Å². The van der Waals surface area contributed by atoms with Crippen molar-refractivity contribution >= 4 is 0 Å². The van der Waals surface area contributed by atoms with Crippen molar-refractivity contribution in [1.82, 2.24) is 24.6 Å². The molecule has 114 valence electrons. The Labute approximate surface area is 126 Å². The third-order valence-corrected chi connectivity index (χ3v) is 4.21. The summed E-state index contributed by atoms with van der Waals surface area (Å²) < 4.78 is 4.35. The molecule has 0 spiro atoms. The van der Waals surface area contributed by atoms with E-state index in [0.717, 1.165) is 37.6 Å². The first-order valence-corrected chi connectivity index (χ1v) is 8.11. The highest BCUT2D eigenvalue weighted by Crippen LogP contribution is 2.28. The van der Waals surface area contributed by atoms with Crippen molar-refractivity contribution in [3.8, 4) is 0 Å². The first-order chi connectivity index (χ1) is 10.4. The molecule has 0 radical (unpaired) electrons. The zero-order valence-corrected chi connectivity index (χ0v) is 12.8. The summed E-state index contributed by atoms with van der Waals surface area (Å²) >= 11 is 0. The van der Waals surface area contributed by atoms with Crippen LogP contribution in [0.3, 0.4) is 0 Å². The van der Waals surface area contributed by atoms with Crippen LogP contribution in [0.4, 0.5) is 0 Å². The van der Waals surface area contributed by atoms with Crippen LogP contribution in [0.1, 0.15) is 56.6 Å². The number of aromatic nitrogens is 4. The standard InChI is InChI=1S/C16H25N5/c1-2-8-17-12-16-18-9-11-20(16)13-14-7-10-21(19-14)15-5-3-4-6-15/h7,9-11,15,17H,2-6,8,12-13H2,1H3. The van der Waals surface area contributed by atoms with E-state index in [1.807, 2.05) is 12.4 Å². The Morgan fingerprint density at radius 2 is 2.14 bits per heavy atom. The Bertz CT molecular complexity index is 551. The summed E-state index contributed by atoms with van der Waals surface area (Å²) in [5.74, 6) is 1.08. The maximum absolute atomic E-state index is 4.75. The molecule has 3 rings (SSSR count). The zero-order chi connectivity index (χ0) is 14.5. The van der Waals surface area contributed by atoms with Gasteiger partial charge in [-0.2, -0.15) is 5.10 Å². The third-order valence-electron chi connectivity index (χ3n) is 4.21. The molecule has 2 aromatic rings. The highest BCUT2D eigenvalue weighted by molar-refractivity contribution is 5.04. The predicted molar refractivity (Wildman–Crippen MR) is 83.1 cm³/mol. The fourth-order valence-electron chi connectivity index (χ4n) is 3.04. The minimum Gasteiger partial charge on any atom is -0.328 e. The molecular weight excluding hydrogens is 262 g/mol. The molecule has 1 N–H and O–H groups in total. The highest BCUT2D eigenvalue weighted by atomic mass is 15.3. The van der Waals surface area contributed by atoms with Crippen LogP contribution in [0, 0.1) is 0 Å². The van der Waals surface area contributed by atoms with Crippen LogP contribution < -0.4 is 5.32 Å². The molecule has 1 saturated carbocycles. The predicted octanol–water partition coefficient (Wildman–Crippen LogP) is 2.74. The molecule has 1 fully saturated rings. The molecule has 0 atom stereocenters. The topological polar surface area (TPSA) is 47.7 Å². The van der Waals surface area contributed by atoms with E-state index in [9.17, 15) is 0 Å². The Morgan fingerprint density at radius 1 is 1.29 bits per heavy atom. The van der Waals surface area contributed by atoms with Gasteiger partial charge in [-0.05, 0) is 31.9 Å². The number of hydrogen-bond donors (Lipinski definition) is 1. The quantitative estimate of drug-likeness (QED) is 0.797. The van der Waals surface area contributed by atoms with Gasteiger partial charge in [0.2, 0.25) is 0 Å². The van der Waals surface area contributed by atoms with Crippen molar-refractivity contribution < 1.29 is 0 Å². The Balaban J connectivity index is 1.62. The molecule has 0 amide bonds. The molecule has 5 nitrogen and oxygen atoms in total. The number of nitrogens with one attached hydrogen (secondary N) is 1. The van der Waals surface area contributed by atoms with Gasteiger partial charge >= 0.3 is 0 Å². The summed E-state index contributed by atoms with van der Waals surface area (Å²) in [6, 6.07) is 2.76. The van der Waals surface area contributed by atoms with Crippen LogP contribution in [0.2, 0.25) is 0 Å². The number of rotatable bonds is 7. The zero-order valence-electron chi connectivity index (χ0n) is 12.8. The van der Waals surface area contributed by atoms with Gasteiger partial charge in [0.05, 0.1) is 24.8 Å². The minimum atomic E-state index is 0.618. The average molecular weight is 287 g/mol. The molecule has 5 heteroatoms. The molecule has 0 unspecified atom stereocenters. The van der Waals surface area contributed by atoms with Crippen molar-refractivity contribution in [2.24, 2.45) is 0 Å². The van der Waals surface area contributed by atoms with Crippen LogP contribution >= 0.6 is 0 Å². The SMILES string of the molecule is CCCNCc1nccn1Cc1ccn(C2CCCC2)n1. The second kappa shape index (κ2) is 6.89.